The molecule has 7 heteroatoms. The lowest BCUT2D eigenvalue weighted by Gasteiger charge is -2.08. The molecule has 0 aliphatic carbocycles. The number of aryl methyl sites for hydroxylation is 1. The second-order valence-electron chi connectivity index (χ2n) is 5.50. The van der Waals surface area contributed by atoms with E-state index in [1.807, 2.05) is 0 Å². The summed E-state index contributed by atoms with van der Waals surface area (Å²) in [6, 6.07) is 10.2. The van der Waals surface area contributed by atoms with Gasteiger partial charge in [0, 0.05) is 23.5 Å². The summed E-state index contributed by atoms with van der Waals surface area (Å²) in [4.78, 5) is 27.9. The minimum atomic E-state index is -0.326. The maximum absolute atomic E-state index is 12.4. The van der Waals surface area contributed by atoms with Crippen molar-refractivity contribution in [3.8, 4) is 0 Å². The van der Waals surface area contributed by atoms with Crippen molar-refractivity contribution in [2.75, 3.05) is 10.6 Å². The zero-order valence-corrected chi connectivity index (χ0v) is 13.7. The molecule has 1 amide bonds. The number of aromatic nitrogens is 2. The zero-order chi connectivity index (χ0) is 17.8. The molecule has 25 heavy (non-hydrogen) atoms. The molecule has 7 nitrogen and oxygen atoms in total. The molecule has 0 bridgehead atoms. The molecular weight excluding hydrogens is 320 g/mol. The van der Waals surface area contributed by atoms with Crippen molar-refractivity contribution in [2.24, 2.45) is 0 Å². The van der Waals surface area contributed by atoms with E-state index in [0.717, 1.165) is 0 Å². The molecule has 2 N–H and O–H groups in total. The van der Waals surface area contributed by atoms with E-state index < -0.39 is 0 Å². The van der Waals surface area contributed by atoms with Crippen molar-refractivity contribution in [1.29, 1.82) is 0 Å². The summed E-state index contributed by atoms with van der Waals surface area (Å²) < 4.78 is 4.98. The molecule has 2 aromatic heterocycles. The van der Waals surface area contributed by atoms with E-state index in [0.29, 0.717) is 34.1 Å². The summed E-state index contributed by atoms with van der Waals surface area (Å²) in [5, 5.41) is 9.60. The van der Waals surface area contributed by atoms with Crippen LogP contribution < -0.4 is 10.6 Å². The SMILES string of the molecule is CC(=O)c1cccc(NC(=O)c2cncc(Nc3cc(C)on3)c2)c1. The van der Waals surface area contributed by atoms with Crippen LogP contribution in [0.2, 0.25) is 0 Å². The lowest BCUT2D eigenvalue weighted by Crippen LogP contribution is -2.13. The minimum Gasteiger partial charge on any atom is -0.360 e. The van der Waals surface area contributed by atoms with Crippen LogP contribution in [0.25, 0.3) is 0 Å². The molecular formula is C18H16N4O3. The van der Waals surface area contributed by atoms with E-state index in [1.165, 1.54) is 13.1 Å². The smallest absolute Gasteiger partial charge is 0.257 e. The standard InChI is InChI=1S/C18H16N4O3/c1-11-6-17(22-25-11)20-16-8-14(9-19-10-16)18(24)21-15-5-3-4-13(7-15)12(2)23/h3-10H,1-2H3,(H,20,22)(H,21,24). The summed E-state index contributed by atoms with van der Waals surface area (Å²) in [6.07, 6.45) is 3.04. The molecule has 1 aromatic carbocycles. The van der Waals surface area contributed by atoms with Gasteiger partial charge in [0.15, 0.2) is 11.6 Å². The van der Waals surface area contributed by atoms with E-state index in [1.54, 1.807) is 49.5 Å². The Morgan fingerprint density at radius 3 is 2.56 bits per heavy atom. The van der Waals surface area contributed by atoms with Crippen LogP contribution in [0.1, 0.15) is 33.4 Å². The molecule has 0 aliphatic rings. The van der Waals surface area contributed by atoms with E-state index in [2.05, 4.69) is 20.8 Å². The normalized spacial score (nSPS) is 10.3. The van der Waals surface area contributed by atoms with Crippen LogP contribution >= 0.6 is 0 Å². The Bertz CT molecular complexity index is 933. The number of benzene rings is 1. The topological polar surface area (TPSA) is 97.1 Å². The van der Waals surface area contributed by atoms with Gasteiger partial charge in [0.2, 0.25) is 0 Å². The monoisotopic (exact) mass is 336 g/mol. The summed E-state index contributed by atoms with van der Waals surface area (Å²) >= 11 is 0. The van der Waals surface area contributed by atoms with Gasteiger partial charge in [-0.05, 0) is 32.0 Å². The van der Waals surface area contributed by atoms with Crippen LogP contribution in [0.3, 0.4) is 0 Å². The fraction of sp³-hybridized carbons (Fsp3) is 0.111. The average molecular weight is 336 g/mol. The number of rotatable bonds is 5. The molecule has 3 aromatic rings. The van der Waals surface area contributed by atoms with Crippen LogP contribution in [0.4, 0.5) is 17.2 Å². The first-order valence-electron chi connectivity index (χ1n) is 7.59. The van der Waals surface area contributed by atoms with Crippen molar-refractivity contribution in [2.45, 2.75) is 13.8 Å². The predicted octanol–water partition coefficient (Wildman–Crippen LogP) is 3.58. The third-order valence-corrected chi connectivity index (χ3v) is 3.43. The third kappa shape index (κ3) is 4.08. The van der Waals surface area contributed by atoms with Gasteiger partial charge in [-0.15, -0.1) is 0 Å². The fourth-order valence-corrected chi connectivity index (χ4v) is 2.22. The summed E-state index contributed by atoms with van der Waals surface area (Å²) in [5.74, 6) is 0.820. The van der Waals surface area contributed by atoms with Gasteiger partial charge >= 0.3 is 0 Å². The molecule has 0 saturated carbocycles. The Labute approximate surface area is 144 Å². The largest absolute Gasteiger partial charge is 0.360 e. The maximum Gasteiger partial charge on any atom is 0.257 e. The van der Waals surface area contributed by atoms with Gasteiger partial charge < -0.3 is 15.2 Å². The van der Waals surface area contributed by atoms with Gasteiger partial charge in [-0.3, -0.25) is 14.6 Å². The maximum atomic E-state index is 12.4. The predicted molar refractivity (Wildman–Crippen MR) is 93.2 cm³/mol. The lowest BCUT2D eigenvalue weighted by molar-refractivity contribution is 0.101. The zero-order valence-electron chi connectivity index (χ0n) is 13.7. The first-order chi connectivity index (χ1) is 12.0. The Hall–Kier alpha value is -3.48. The van der Waals surface area contributed by atoms with Crippen LogP contribution in [0, 0.1) is 6.92 Å². The number of hydrogen-bond acceptors (Lipinski definition) is 6. The number of nitrogens with one attached hydrogen (secondary N) is 2. The molecule has 126 valence electrons. The van der Waals surface area contributed by atoms with E-state index >= 15 is 0 Å². The highest BCUT2D eigenvalue weighted by Crippen LogP contribution is 2.18. The average Bonchev–Trinajstić information content (AvgIpc) is 3.00. The minimum absolute atomic E-state index is 0.0631. The summed E-state index contributed by atoms with van der Waals surface area (Å²) in [6.45, 7) is 3.26. The lowest BCUT2D eigenvalue weighted by atomic mass is 10.1. The molecule has 0 spiro atoms. The van der Waals surface area contributed by atoms with Crippen molar-refractivity contribution in [3.05, 3.63) is 65.7 Å². The number of nitrogens with zero attached hydrogens (tertiary/aromatic N) is 2. The van der Waals surface area contributed by atoms with Crippen molar-refractivity contribution >= 4 is 28.9 Å². The Kier molecular flexibility index (Phi) is 4.56. The highest BCUT2D eigenvalue weighted by molar-refractivity contribution is 6.05. The number of carbonyl (C=O) groups excluding carboxylic acids is 2. The highest BCUT2D eigenvalue weighted by Gasteiger charge is 2.10. The number of Topliss-reactive ketones (excluding diaryl/α,β-unsaturated/α-hetero) is 1. The number of carbonyl (C=O) groups is 2. The molecule has 0 saturated heterocycles. The van der Waals surface area contributed by atoms with Gasteiger partial charge in [-0.2, -0.15) is 0 Å². The number of ketones is 1. The van der Waals surface area contributed by atoms with Gasteiger partial charge in [-0.1, -0.05) is 17.3 Å². The van der Waals surface area contributed by atoms with Crippen molar-refractivity contribution < 1.29 is 14.1 Å². The van der Waals surface area contributed by atoms with Gasteiger partial charge in [0.25, 0.3) is 5.91 Å². The Morgan fingerprint density at radius 2 is 1.84 bits per heavy atom. The first kappa shape index (κ1) is 16.4. The summed E-state index contributed by atoms with van der Waals surface area (Å²) in [5.41, 5.74) is 2.06. The molecule has 0 atom stereocenters. The quantitative estimate of drug-likeness (QED) is 0.691. The fourth-order valence-electron chi connectivity index (χ4n) is 2.22. The first-order valence-corrected chi connectivity index (χ1v) is 7.59. The molecule has 3 rings (SSSR count). The highest BCUT2D eigenvalue weighted by atomic mass is 16.5. The van der Waals surface area contributed by atoms with Crippen molar-refractivity contribution in [3.63, 3.8) is 0 Å². The number of pyridine rings is 1. The van der Waals surface area contributed by atoms with Gasteiger partial charge in [0.1, 0.15) is 5.76 Å². The number of amides is 1. The molecule has 2 heterocycles. The Balaban J connectivity index is 1.75. The van der Waals surface area contributed by atoms with E-state index in [9.17, 15) is 9.59 Å². The summed E-state index contributed by atoms with van der Waals surface area (Å²) in [7, 11) is 0. The van der Waals surface area contributed by atoms with Crippen LogP contribution in [0.15, 0.2) is 53.3 Å². The van der Waals surface area contributed by atoms with Crippen LogP contribution in [-0.2, 0) is 0 Å². The van der Waals surface area contributed by atoms with Gasteiger partial charge in [0.05, 0.1) is 17.4 Å². The number of anilines is 3. The van der Waals surface area contributed by atoms with E-state index in [4.69, 9.17) is 4.52 Å². The number of hydrogen-bond donors (Lipinski definition) is 2. The second-order valence-corrected chi connectivity index (χ2v) is 5.50. The molecule has 0 fully saturated rings. The third-order valence-electron chi connectivity index (χ3n) is 3.43. The second kappa shape index (κ2) is 6.96. The van der Waals surface area contributed by atoms with Crippen molar-refractivity contribution in [1.82, 2.24) is 10.1 Å². The molecule has 0 radical (unpaired) electrons. The van der Waals surface area contributed by atoms with Crippen LogP contribution in [-0.4, -0.2) is 21.8 Å². The van der Waals surface area contributed by atoms with Crippen LogP contribution in [0.5, 0.6) is 0 Å². The molecule has 0 aliphatic heterocycles. The molecule has 0 unspecified atom stereocenters. The van der Waals surface area contributed by atoms with E-state index in [-0.39, 0.29) is 11.7 Å². The van der Waals surface area contributed by atoms with Gasteiger partial charge in [-0.25, -0.2) is 0 Å². The Morgan fingerprint density at radius 1 is 1.04 bits per heavy atom.